The van der Waals surface area contributed by atoms with E-state index in [9.17, 15) is 4.39 Å². The average Bonchev–Trinajstić information content (AvgIpc) is 2.33. The highest BCUT2D eigenvalue weighted by Gasteiger charge is 2.23. The zero-order valence-electron chi connectivity index (χ0n) is 11.3. The van der Waals surface area contributed by atoms with Crippen molar-refractivity contribution in [1.29, 1.82) is 0 Å². The Labute approximate surface area is 113 Å². The molecule has 0 radical (unpaired) electrons. The zero-order valence-corrected chi connectivity index (χ0v) is 12.1. The van der Waals surface area contributed by atoms with Gasteiger partial charge in [-0.3, -0.25) is 0 Å². The zero-order chi connectivity index (χ0) is 13.7. The van der Waals surface area contributed by atoms with Gasteiger partial charge in [-0.25, -0.2) is 4.39 Å². The van der Waals surface area contributed by atoms with Crippen molar-refractivity contribution in [3.8, 4) is 0 Å². The second-order valence-corrected chi connectivity index (χ2v) is 5.20. The molecule has 0 saturated carbocycles. The summed E-state index contributed by atoms with van der Waals surface area (Å²) in [7, 11) is 3.60. The second kappa shape index (κ2) is 7.07. The molecule has 18 heavy (non-hydrogen) atoms. The van der Waals surface area contributed by atoms with Crippen molar-refractivity contribution < 1.29 is 9.13 Å². The maximum atomic E-state index is 13.4. The molecule has 0 aliphatic heterocycles. The van der Waals surface area contributed by atoms with E-state index in [4.69, 9.17) is 16.3 Å². The van der Waals surface area contributed by atoms with Crippen molar-refractivity contribution in [2.45, 2.75) is 32.4 Å². The van der Waals surface area contributed by atoms with Gasteiger partial charge in [-0.1, -0.05) is 31.5 Å². The fourth-order valence-electron chi connectivity index (χ4n) is 2.20. The number of benzene rings is 1. The number of likely N-dealkylation sites (N-methyl/N-ethyl adjacent to an activating group) is 1. The van der Waals surface area contributed by atoms with Gasteiger partial charge in [0.05, 0.1) is 11.1 Å². The van der Waals surface area contributed by atoms with Crippen LogP contribution >= 0.6 is 11.6 Å². The highest BCUT2D eigenvalue weighted by atomic mass is 35.5. The quantitative estimate of drug-likeness (QED) is 0.859. The molecule has 2 nitrogen and oxygen atoms in total. The smallest absolute Gasteiger partial charge is 0.142 e. The molecule has 1 aromatic rings. The first kappa shape index (κ1) is 15.4. The molecule has 0 heterocycles. The van der Waals surface area contributed by atoms with Gasteiger partial charge in [0.25, 0.3) is 0 Å². The number of hydrogen-bond acceptors (Lipinski definition) is 2. The number of rotatable bonds is 6. The van der Waals surface area contributed by atoms with Crippen LogP contribution in [0.25, 0.3) is 0 Å². The molecule has 0 aliphatic rings. The number of methoxy groups -OCH3 is 1. The lowest BCUT2D eigenvalue weighted by molar-refractivity contribution is 0.0354. The van der Waals surface area contributed by atoms with Crippen LogP contribution in [0, 0.1) is 11.7 Å². The van der Waals surface area contributed by atoms with Crippen LogP contribution in [-0.4, -0.2) is 26.3 Å². The maximum absolute atomic E-state index is 13.4. The number of ether oxygens (including phenoxy) is 1. The normalized spacial score (nSPS) is 14.8. The van der Waals surface area contributed by atoms with Gasteiger partial charge in [-0.05, 0) is 37.1 Å². The Kier molecular flexibility index (Phi) is 6.06. The molecule has 0 aromatic heterocycles. The van der Waals surface area contributed by atoms with Crippen LogP contribution in [0.5, 0.6) is 0 Å². The Bertz CT molecular complexity index is 384. The molecule has 1 rings (SSSR count). The largest absolute Gasteiger partial charge is 0.380 e. The van der Waals surface area contributed by atoms with Gasteiger partial charge >= 0.3 is 0 Å². The predicted octanol–water partition coefficient (Wildman–Crippen LogP) is 3.28. The summed E-state index contributed by atoms with van der Waals surface area (Å²) in [4.78, 5) is 0. The SMILES string of the molecule is CNC(Cc1ccc(Cl)c(F)c1)C(OC)C(C)C. The Morgan fingerprint density at radius 1 is 1.39 bits per heavy atom. The molecular formula is C14H21ClFNO. The van der Waals surface area contributed by atoms with Crippen LogP contribution in [0.2, 0.25) is 5.02 Å². The van der Waals surface area contributed by atoms with Gasteiger partial charge < -0.3 is 10.1 Å². The first-order valence-corrected chi connectivity index (χ1v) is 6.51. The number of nitrogens with one attached hydrogen (secondary N) is 1. The predicted molar refractivity (Wildman–Crippen MR) is 73.6 cm³/mol. The van der Waals surface area contributed by atoms with Crippen molar-refractivity contribution in [3.63, 3.8) is 0 Å². The lowest BCUT2D eigenvalue weighted by atomic mass is 9.94. The lowest BCUT2D eigenvalue weighted by Crippen LogP contribution is -2.43. The van der Waals surface area contributed by atoms with Crippen LogP contribution in [0.4, 0.5) is 4.39 Å². The number of hydrogen-bond donors (Lipinski definition) is 1. The molecule has 102 valence electrons. The Morgan fingerprint density at radius 3 is 2.50 bits per heavy atom. The summed E-state index contributed by atoms with van der Waals surface area (Å²) in [5.41, 5.74) is 0.916. The van der Waals surface area contributed by atoms with E-state index in [0.29, 0.717) is 12.3 Å². The van der Waals surface area contributed by atoms with Crippen molar-refractivity contribution in [2.24, 2.45) is 5.92 Å². The second-order valence-electron chi connectivity index (χ2n) is 4.79. The maximum Gasteiger partial charge on any atom is 0.142 e. The van der Waals surface area contributed by atoms with Gasteiger partial charge in [0.15, 0.2) is 0 Å². The van der Waals surface area contributed by atoms with Crippen LogP contribution < -0.4 is 5.32 Å². The summed E-state index contributed by atoms with van der Waals surface area (Å²) in [5, 5.41) is 3.40. The third-order valence-electron chi connectivity index (χ3n) is 3.14. The van der Waals surface area contributed by atoms with Crippen molar-refractivity contribution in [1.82, 2.24) is 5.32 Å². The summed E-state index contributed by atoms with van der Waals surface area (Å²) in [6.07, 6.45) is 0.801. The average molecular weight is 274 g/mol. The molecule has 0 spiro atoms. The minimum Gasteiger partial charge on any atom is -0.380 e. The van der Waals surface area contributed by atoms with E-state index in [1.54, 1.807) is 13.2 Å². The first-order valence-electron chi connectivity index (χ1n) is 6.13. The van der Waals surface area contributed by atoms with Gasteiger partial charge in [0, 0.05) is 13.2 Å². The Balaban J connectivity index is 2.81. The third kappa shape index (κ3) is 3.94. The Morgan fingerprint density at radius 2 is 2.06 bits per heavy atom. The minimum atomic E-state index is -0.373. The van der Waals surface area contributed by atoms with E-state index >= 15 is 0 Å². The molecule has 1 N–H and O–H groups in total. The molecular weight excluding hydrogens is 253 g/mol. The Hall–Kier alpha value is -0.640. The van der Waals surface area contributed by atoms with Crippen LogP contribution in [0.3, 0.4) is 0 Å². The summed E-state index contributed by atoms with van der Waals surface area (Å²) >= 11 is 5.68. The molecule has 4 heteroatoms. The van der Waals surface area contributed by atoms with Crippen molar-refractivity contribution >= 4 is 11.6 Å². The summed E-state index contributed by atoms with van der Waals surface area (Å²) in [5.74, 6) is 0.0205. The fraction of sp³-hybridized carbons (Fsp3) is 0.571. The molecule has 0 fully saturated rings. The molecule has 0 saturated heterocycles. The van der Waals surface area contributed by atoms with Gasteiger partial charge in [-0.15, -0.1) is 0 Å². The van der Waals surface area contributed by atoms with Crippen LogP contribution in [0.15, 0.2) is 18.2 Å². The minimum absolute atomic E-state index is 0.0914. The molecule has 0 bridgehead atoms. The molecule has 1 aromatic carbocycles. The summed E-state index contributed by atoms with van der Waals surface area (Å²) in [6, 6.07) is 5.08. The van der Waals surface area contributed by atoms with E-state index in [0.717, 1.165) is 5.56 Å². The van der Waals surface area contributed by atoms with E-state index in [-0.39, 0.29) is 23.0 Å². The highest BCUT2D eigenvalue weighted by molar-refractivity contribution is 6.30. The topological polar surface area (TPSA) is 21.3 Å². The van der Waals surface area contributed by atoms with Gasteiger partial charge in [-0.2, -0.15) is 0 Å². The standard InChI is InChI=1S/C14H21ClFNO/c1-9(2)14(18-4)13(17-3)8-10-5-6-11(15)12(16)7-10/h5-7,9,13-14,17H,8H2,1-4H3. The summed E-state index contributed by atoms with van der Waals surface area (Å²) < 4.78 is 18.9. The summed E-state index contributed by atoms with van der Waals surface area (Å²) in [6.45, 7) is 4.22. The van der Waals surface area contributed by atoms with Crippen molar-refractivity contribution in [2.75, 3.05) is 14.2 Å². The first-order chi connectivity index (χ1) is 8.49. The molecule has 2 unspecified atom stereocenters. The fourth-order valence-corrected chi connectivity index (χ4v) is 2.32. The van der Waals surface area contributed by atoms with Crippen LogP contribution in [-0.2, 0) is 11.2 Å². The van der Waals surface area contributed by atoms with E-state index in [1.165, 1.54) is 6.07 Å². The van der Waals surface area contributed by atoms with Crippen LogP contribution in [0.1, 0.15) is 19.4 Å². The number of halogens is 2. The van der Waals surface area contributed by atoms with Gasteiger partial charge in [0.1, 0.15) is 5.82 Å². The van der Waals surface area contributed by atoms with Gasteiger partial charge in [0.2, 0.25) is 0 Å². The highest BCUT2D eigenvalue weighted by Crippen LogP contribution is 2.19. The third-order valence-corrected chi connectivity index (χ3v) is 3.44. The van der Waals surface area contributed by atoms with E-state index < -0.39 is 0 Å². The van der Waals surface area contributed by atoms with E-state index in [2.05, 4.69) is 19.2 Å². The molecule has 0 amide bonds. The molecule has 2 atom stereocenters. The van der Waals surface area contributed by atoms with E-state index in [1.807, 2.05) is 13.1 Å². The molecule has 0 aliphatic carbocycles. The van der Waals surface area contributed by atoms with Crippen molar-refractivity contribution in [3.05, 3.63) is 34.6 Å². The monoisotopic (exact) mass is 273 g/mol. The lowest BCUT2D eigenvalue weighted by Gasteiger charge is -2.29.